The van der Waals surface area contributed by atoms with Gasteiger partial charge in [0.15, 0.2) is 5.76 Å². The lowest BCUT2D eigenvalue weighted by molar-refractivity contribution is 0.122. The van der Waals surface area contributed by atoms with Gasteiger partial charge in [-0.05, 0) is 16.3 Å². The Kier molecular flexibility index (Phi) is 6.61. The molecule has 0 amide bonds. The van der Waals surface area contributed by atoms with E-state index in [4.69, 9.17) is 14.0 Å². The standard InChI is InChI=1S/C20H22N2O3/c1-3-7-17(8-4-1)15-23-12-11-21-14-19-13-20(22-25-19)24-16-18-9-5-2-6-10-18/h1-10,13,21H,11-12,14-16H2. The maximum atomic E-state index is 5.62. The predicted octanol–water partition coefficient (Wildman–Crippen LogP) is 3.56. The third-order valence-electron chi connectivity index (χ3n) is 3.60. The molecule has 0 fully saturated rings. The highest BCUT2D eigenvalue weighted by atomic mass is 16.5. The minimum absolute atomic E-state index is 0.480. The van der Waals surface area contributed by atoms with Crippen molar-refractivity contribution in [1.29, 1.82) is 0 Å². The van der Waals surface area contributed by atoms with Crippen LogP contribution in [0.3, 0.4) is 0 Å². The number of nitrogens with one attached hydrogen (secondary N) is 1. The lowest BCUT2D eigenvalue weighted by atomic mass is 10.2. The Morgan fingerprint density at radius 2 is 1.56 bits per heavy atom. The van der Waals surface area contributed by atoms with Crippen molar-refractivity contribution in [2.75, 3.05) is 13.2 Å². The molecule has 3 aromatic rings. The van der Waals surface area contributed by atoms with Gasteiger partial charge in [-0.25, -0.2) is 0 Å². The van der Waals surface area contributed by atoms with Crippen LogP contribution in [0.2, 0.25) is 0 Å². The van der Waals surface area contributed by atoms with Gasteiger partial charge >= 0.3 is 0 Å². The molecule has 1 N–H and O–H groups in total. The van der Waals surface area contributed by atoms with E-state index < -0.39 is 0 Å². The molecule has 0 spiro atoms. The molecular formula is C20H22N2O3. The maximum absolute atomic E-state index is 5.62. The molecule has 0 aliphatic heterocycles. The second kappa shape index (κ2) is 9.61. The summed E-state index contributed by atoms with van der Waals surface area (Å²) in [6.45, 7) is 3.08. The van der Waals surface area contributed by atoms with Gasteiger partial charge in [0.05, 0.1) is 19.8 Å². The van der Waals surface area contributed by atoms with Crippen molar-refractivity contribution in [3.05, 3.63) is 83.6 Å². The molecule has 130 valence electrons. The smallest absolute Gasteiger partial charge is 0.254 e. The highest BCUT2D eigenvalue weighted by Gasteiger charge is 2.05. The summed E-state index contributed by atoms with van der Waals surface area (Å²) < 4.78 is 16.5. The highest BCUT2D eigenvalue weighted by Crippen LogP contribution is 2.13. The van der Waals surface area contributed by atoms with E-state index in [2.05, 4.69) is 22.6 Å². The van der Waals surface area contributed by atoms with Crippen molar-refractivity contribution in [3.63, 3.8) is 0 Å². The molecule has 0 unspecified atom stereocenters. The molecule has 5 nitrogen and oxygen atoms in total. The van der Waals surface area contributed by atoms with E-state index in [1.54, 1.807) is 6.07 Å². The van der Waals surface area contributed by atoms with Crippen LogP contribution in [0.4, 0.5) is 0 Å². The summed E-state index contributed by atoms with van der Waals surface area (Å²) in [7, 11) is 0. The van der Waals surface area contributed by atoms with Crippen LogP contribution in [-0.4, -0.2) is 18.3 Å². The van der Waals surface area contributed by atoms with Crippen molar-refractivity contribution in [2.45, 2.75) is 19.8 Å². The Bertz CT molecular complexity index is 729. The van der Waals surface area contributed by atoms with Crippen LogP contribution in [-0.2, 0) is 24.5 Å². The summed E-state index contributed by atoms with van der Waals surface area (Å²) in [5.41, 5.74) is 2.28. The van der Waals surface area contributed by atoms with Gasteiger partial charge in [-0.2, -0.15) is 0 Å². The molecule has 0 aliphatic rings. The molecule has 0 bridgehead atoms. The fourth-order valence-electron chi connectivity index (χ4n) is 2.30. The van der Waals surface area contributed by atoms with Crippen molar-refractivity contribution < 1.29 is 14.0 Å². The summed E-state index contributed by atoms with van der Waals surface area (Å²) in [5, 5.41) is 7.18. The Labute approximate surface area is 147 Å². The SMILES string of the molecule is c1ccc(COCCNCc2cc(OCc3ccccc3)no2)cc1. The normalized spacial score (nSPS) is 10.7. The molecule has 0 saturated heterocycles. The Hall–Kier alpha value is -2.63. The number of rotatable bonds is 10. The minimum Gasteiger partial charge on any atom is -0.471 e. The second-order valence-corrected chi connectivity index (χ2v) is 5.62. The quantitative estimate of drug-likeness (QED) is 0.573. The topological polar surface area (TPSA) is 56.5 Å². The lowest BCUT2D eigenvalue weighted by Gasteiger charge is -2.04. The first-order valence-corrected chi connectivity index (χ1v) is 8.35. The number of hydrogen-bond acceptors (Lipinski definition) is 5. The first-order chi connectivity index (χ1) is 12.4. The summed E-state index contributed by atoms with van der Waals surface area (Å²) >= 11 is 0. The van der Waals surface area contributed by atoms with Gasteiger partial charge in [0, 0.05) is 12.6 Å². The second-order valence-electron chi connectivity index (χ2n) is 5.62. The van der Waals surface area contributed by atoms with E-state index >= 15 is 0 Å². The van der Waals surface area contributed by atoms with Crippen LogP contribution >= 0.6 is 0 Å². The molecule has 2 aromatic carbocycles. The Morgan fingerprint density at radius 1 is 0.880 bits per heavy atom. The van der Waals surface area contributed by atoms with Crippen LogP contribution in [0.25, 0.3) is 0 Å². The largest absolute Gasteiger partial charge is 0.471 e. The number of benzene rings is 2. The van der Waals surface area contributed by atoms with Gasteiger partial charge in [0.1, 0.15) is 6.61 Å². The van der Waals surface area contributed by atoms with E-state index in [1.165, 1.54) is 5.56 Å². The molecule has 1 aromatic heterocycles. The molecule has 25 heavy (non-hydrogen) atoms. The van der Waals surface area contributed by atoms with Crippen LogP contribution < -0.4 is 10.1 Å². The molecule has 0 saturated carbocycles. The van der Waals surface area contributed by atoms with Crippen molar-refractivity contribution in [2.24, 2.45) is 0 Å². The van der Waals surface area contributed by atoms with Gasteiger partial charge in [0.2, 0.25) is 0 Å². The highest BCUT2D eigenvalue weighted by molar-refractivity contribution is 5.16. The first kappa shape index (κ1) is 17.2. The molecule has 5 heteroatoms. The molecule has 3 rings (SSSR count). The third-order valence-corrected chi connectivity index (χ3v) is 3.60. The number of hydrogen-bond donors (Lipinski definition) is 1. The monoisotopic (exact) mass is 338 g/mol. The van der Waals surface area contributed by atoms with Crippen LogP contribution in [0.15, 0.2) is 71.3 Å². The number of aromatic nitrogens is 1. The van der Waals surface area contributed by atoms with E-state index in [0.29, 0.717) is 32.2 Å². The van der Waals surface area contributed by atoms with Gasteiger partial charge in [-0.1, -0.05) is 60.7 Å². The molecular weight excluding hydrogens is 316 g/mol. The third kappa shape index (κ3) is 6.06. The molecule has 0 radical (unpaired) electrons. The molecule has 1 heterocycles. The average Bonchev–Trinajstić information content (AvgIpc) is 3.12. The van der Waals surface area contributed by atoms with E-state index in [-0.39, 0.29) is 0 Å². The summed E-state index contributed by atoms with van der Waals surface area (Å²) in [5.74, 6) is 1.24. The van der Waals surface area contributed by atoms with Crippen LogP contribution in [0.5, 0.6) is 5.88 Å². The fraction of sp³-hybridized carbons (Fsp3) is 0.250. The van der Waals surface area contributed by atoms with Gasteiger partial charge in [0.25, 0.3) is 5.88 Å². The summed E-state index contributed by atoms with van der Waals surface area (Å²) in [6, 6.07) is 21.9. The zero-order valence-electron chi connectivity index (χ0n) is 14.1. The fourth-order valence-corrected chi connectivity index (χ4v) is 2.30. The van der Waals surface area contributed by atoms with E-state index in [9.17, 15) is 0 Å². The summed E-state index contributed by atoms with van der Waals surface area (Å²) in [4.78, 5) is 0. The molecule has 0 atom stereocenters. The number of ether oxygens (including phenoxy) is 2. The van der Waals surface area contributed by atoms with Crippen molar-refractivity contribution in [3.8, 4) is 5.88 Å². The van der Waals surface area contributed by atoms with Crippen LogP contribution in [0, 0.1) is 0 Å². The van der Waals surface area contributed by atoms with Crippen LogP contribution in [0.1, 0.15) is 16.9 Å². The summed E-state index contributed by atoms with van der Waals surface area (Å²) in [6.07, 6.45) is 0. The van der Waals surface area contributed by atoms with Crippen molar-refractivity contribution in [1.82, 2.24) is 10.5 Å². The predicted molar refractivity (Wildman–Crippen MR) is 95.1 cm³/mol. The Balaban J connectivity index is 1.29. The average molecular weight is 338 g/mol. The van der Waals surface area contributed by atoms with E-state index in [1.807, 2.05) is 48.5 Å². The maximum Gasteiger partial charge on any atom is 0.254 e. The van der Waals surface area contributed by atoms with Gasteiger partial charge < -0.3 is 19.3 Å². The van der Waals surface area contributed by atoms with Gasteiger partial charge in [-0.3, -0.25) is 0 Å². The minimum atomic E-state index is 0.480. The molecule has 0 aliphatic carbocycles. The van der Waals surface area contributed by atoms with E-state index in [0.717, 1.165) is 17.9 Å². The Morgan fingerprint density at radius 3 is 2.28 bits per heavy atom. The number of nitrogens with zero attached hydrogens (tertiary/aromatic N) is 1. The lowest BCUT2D eigenvalue weighted by Crippen LogP contribution is -2.18. The zero-order valence-corrected chi connectivity index (χ0v) is 14.1. The van der Waals surface area contributed by atoms with Gasteiger partial charge in [-0.15, -0.1) is 0 Å². The first-order valence-electron chi connectivity index (χ1n) is 8.35. The zero-order chi connectivity index (χ0) is 17.2. The van der Waals surface area contributed by atoms with Crippen molar-refractivity contribution >= 4 is 0 Å².